The summed E-state index contributed by atoms with van der Waals surface area (Å²) in [5.41, 5.74) is 2.72. The fourth-order valence-corrected chi connectivity index (χ4v) is 4.00. The first-order chi connectivity index (χ1) is 14.7. The lowest BCUT2D eigenvalue weighted by atomic mass is 10.0. The number of nitrogens with zero attached hydrogens (tertiary/aromatic N) is 5. The maximum absolute atomic E-state index is 12.8. The van der Waals surface area contributed by atoms with Gasteiger partial charge in [-0.3, -0.25) is 9.69 Å². The van der Waals surface area contributed by atoms with Gasteiger partial charge >= 0.3 is 0 Å². The Balaban J connectivity index is 1.44. The van der Waals surface area contributed by atoms with E-state index in [0.717, 1.165) is 18.7 Å². The lowest BCUT2D eigenvalue weighted by molar-refractivity contribution is 0.0933. The van der Waals surface area contributed by atoms with Crippen LogP contribution in [0.5, 0.6) is 0 Å². The lowest BCUT2D eigenvalue weighted by Crippen LogP contribution is -2.38. The van der Waals surface area contributed by atoms with E-state index < -0.39 is 0 Å². The lowest BCUT2D eigenvalue weighted by Gasteiger charge is -2.31. The third kappa shape index (κ3) is 4.91. The normalized spacial score (nSPS) is 16.0. The molecule has 2 heterocycles. The van der Waals surface area contributed by atoms with Crippen molar-refractivity contribution in [2.45, 2.75) is 31.7 Å². The van der Waals surface area contributed by atoms with Crippen molar-refractivity contribution in [2.75, 3.05) is 19.6 Å². The molecule has 1 aliphatic rings. The predicted octanol–water partition coefficient (Wildman–Crippen LogP) is 3.22. The number of rotatable bonds is 6. The average molecular weight is 405 g/mol. The molecule has 2 aromatic carbocycles. The van der Waals surface area contributed by atoms with Crippen LogP contribution in [-0.2, 0) is 7.05 Å². The Bertz CT molecular complexity index is 945. The highest BCUT2D eigenvalue weighted by atomic mass is 16.1. The molecule has 1 fully saturated rings. The number of aryl methyl sites for hydroxylation is 1. The Kier molecular flexibility index (Phi) is 6.49. The van der Waals surface area contributed by atoms with Gasteiger partial charge < -0.3 is 5.32 Å². The Labute approximate surface area is 177 Å². The number of hydrogen-bond acceptors (Lipinski definition) is 5. The minimum atomic E-state index is -0.0654. The average Bonchev–Trinajstić information content (AvgIpc) is 3.05. The summed E-state index contributed by atoms with van der Waals surface area (Å²) in [5, 5.41) is 15.2. The number of nitrogens with one attached hydrogen (secondary N) is 1. The molecule has 0 bridgehead atoms. The van der Waals surface area contributed by atoms with Crippen LogP contribution in [0.4, 0.5) is 0 Å². The summed E-state index contributed by atoms with van der Waals surface area (Å²) in [6, 6.07) is 18.0. The molecular formula is C23H28N6O. The van der Waals surface area contributed by atoms with Gasteiger partial charge in [0.15, 0.2) is 0 Å². The van der Waals surface area contributed by atoms with E-state index in [2.05, 4.69) is 49.9 Å². The summed E-state index contributed by atoms with van der Waals surface area (Å²) in [6.45, 7) is 2.75. The van der Waals surface area contributed by atoms with Crippen LogP contribution in [0.25, 0.3) is 11.4 Å². The van der Waals surface area contributed by atoms with Crippen LogP contribution in [-0.4, -0.2) is 50.6 Å². The van der Waals surface area contributed by atoms with Crippen molar-refractivity contribution >= 4 is 5.91 Å². The molecule has 1 aromatic heterocycles. The standard InChI is InChI=1S/C23H28N6O/c1-28-26-22(25-27-28)19-11-13-20(14-12-19)23(30)24-17-21(18-9-5-4-6-10-18)29-15-7-2-3-8-16-29/h4-6,9-14,21H,2-3,7-8,15-17H2,1H3,(H,24,30)/t21-/m1/s1. The molecular weight excluding hydrogens is 376 g/mol. The SMILES string of the molecule is Cn1nnc(-c2ccc(C(=O)NC[C@H](c3ccccc3)N3CCCCCC3)cc2)n1. The summed E-state index contributed by atoms with van der Waals surface area (Å²) in [4.78, 5) is 16.7. The smallest absolute Gasteiger partial charge is 0.251 e. The van der Waals surface area contributed by atoms with E-state index in [1.54, 1.807) is 7.05 Å². The zero-order valence-electron chi connectivity index (χ0n) is 17.4. The molecule has 1 N–H and O–H groups in total. The van der Waals surface area contributed by atoms with Crippen LogP contribution in [0.2, 0.25) is 0 Å². The van der Waals surface area contributed by atoms with Crippen LogP contribution >= 0.6 is 0 Å². The number of tetrazole rings is 1. The van der Waals surface area contributed by atoms with E-state index in [9.17, 15) is 4.79 Å². The van der Waals surface area contributed by atoms with Crippen molar-refractivity contribution in [1.82, 2.24) is 30.4 Å². The minimum Gasteiger partial charge on any atom is -0.350 e. The zero-order valence-corrected chi connectivity index (χ0v) is 17.4. The molecule has 7 nitrogen and oxygen atoms in total. The molecule has 1 amide bonds. The summed E-state index contributed by atoms with van der Waals surface area (Å²) in [5.74, 6) is 0.485. The molecule has 0 saturated carbocycles. The molecule has 4 rings (SSSR count). The summed E-state index contributed by atoms with van der Waals surface area (Å²) in [7, 11) is 1.73. The first-order valence-corrected chi connectivity index (χ1v) is 10.6. The van der Waals surface area contributed by atoms with Crippen LogP contribution in [0, 0.1) is 0 Å². The first-order valence-electron chi connectivity index (χ1n) is 10.6. The second-order valence-electron chi connectivity index (χ2n) is 7.77. The number of amides is 1. The Hall–Kier alpha value is -3.06. The number of carbonyl (C=O) groups excluding carboxylic acids is 1. The predicted molar refractivity (Wildman–Crippen MR) is 116 cm³/mol. The van der Waals surface area contributed by atoms with Gasteiger partial charge in [0.25, 0.3) is 5.91 Å². The highest BCUT2D eigenvalue weighted by Gasteiger charge is 2.22. The molecule has 0 aliphatic carbocycles. The highest BCUT2D eigenvalue weighted by Crippen LogP contribution is 2.24. The highest BCUT2D eigenvalue weighted by molar-refractivity contribution is 5.94. The van der Waals surface area contributed by atoms with Crippen molar-refractivity contribution in [3.05, 3.63) is 65.7 Å². The van der Waals surface area contributed by atoms with Crippen LogP contribution in [0.15, 0.2) is 54.6 Å². The van der Waals surface area contributed by atoms with Crippen LogP contribution in [0.1, 0.15) is 47.6 Å². The molecule has 1 aliphatic heterocycles. The number of aromatic nitrogens is 4. The topological polar surface area (TPSA) is 75.9 Å². The molecule has 30 heavy (non-hydrogen) atoms. The summed E-state index contributed by atoms with van der Waals surface area (Å²) < 4.78 is 0. The van der Waals surface area contributed by atoms with E-state index in [-0.39, 0.29) is 11.9 Å². The van der Waals surface area contributed by atoms with Gasteiger partial charge in [-0.25, -0.2) is 0 Å². The van der Waals surface area contributed by atoms with Crippen molar-refractivity contribution in [1.29, 1.82) is 0 Å². The Morgan fingerprint density at radius 1 is 1.00 bits per heavy atom. The Morgan fingerprint density at radius 3 is 2.33 bits per heavy atom. The van der Waals surface area contributed by atoms with E-state index in [0.29, 0.717) is 17.9 Å². The van der Waals surface area contributed by atoms with Gasteiger partial charge in [-0.15, -0.1) is 10.2 Å². The van der Waals surface area contributed by atoms with E-state index in [1.165, 1.54) is 36.0 Å². The number of likely N-dealkylation sites (tertiary alicyclic amines) is 1. The zero-order chi connectivity index (χ0) is 20.8. The third-order valence-electron chi connectivity index (χ3n) is 5.64. The van der Waals surface area contributed by atoms with Gasteiger partial charge in [-0.05, 0) is 48.8 Å². The largest absolute Gasteiger partial charge is 0.350 e. The number of hydrogen-bond donors (Lipinski definition) is 1. The second kappa shape index (κ2) is 9.63. The van der Waals surface area contributed by atoms with Crippen molar-refractivity contribution < 1.29 is 4.79 Å². The molecule has 1 saturated heterocycles. The van der Waals surface area contributed by atoms with Gasteiger partial charge in [-0.1, -0.05) is 55.3 Å². The van der Waals surface area contributed by atoms with Crippen LogP contribution < -0.4 is 5.32 Å². The Morgan fingerprint density at radius 2 is 1.70 bits per heavy atom. The monoisotopic (exact) mass is 404 g/mol. The molecule has 3 aromatic rings. The quantitative estimate of drug-likeness (QED) is 0.683. The first kappa shape index (κ1) is 20.2. The fourth-order valence-electron chi connectivity index (χ4n) is 4.00. The van der Waals surface area contributed by atoms with Gasteiger partial charge in [0.05, 0.1) is 13.1 Å². The van der Waals surface area contributed by atoms with E-state index in [1.807, 2.05) is 30.3 Å². The minimum absolute atomic E-state index is 0.0654. The number of benzene rings is 2. The van der Waals surface area contributed by atoms with Crippen molar-refractivity contribution in [2.24, 2.45) is 7.05 Å². The molecule has 0 spiro atoms. The molecule has 156 valence electrons. The van der Waals surface area contributed by atoms with Gasteiger partial charge in [-0.2, -0.15) is 4.80 Å². The van der Waals surface area contributed by atoms with Gasteiger partial charge in [0.1, 0.15) is 0 Å². The van der Waals surface area contributed by atoms with Crippen LogP contribution in [0.3, 0.4) is 0 Å². The summed E-state index contributed by atoms with van der Waals surface area (Å²) >= 11 is 0. The maximum Gasteiger partial charge on any atom is 0.251 e. The number of carbonyl (C=O) groups is 1. The third-order valence-corrected chi connectivity index (χ3v) is 5.64. The molecule has 0 radical (unpaired) electrons. The van der Waals surface area contributed by atoms with Crippen molar-refractivity contribution in [3.63, 3.8) is 0 Å². The molecule has 1 atom stereocenters. The summed E-state index contributed by atoms with van der Waals surface area (Å²) in [6.07, 6.45) is 5.01. The van der Waals surface area contributed by atoms with Crippen molar-refractivity contribution in [3.8, 4) is 11.4 Å². The van der Waals surface area contributed by atoms with E-state index >= 15 is 0 Å². The van der Waals surface area contributed by atoms with Gasteiger partial charge in [0, 0.05) is 17.7 Å². The fraction of sp³-hybridized carbons (Fsp3) is 0.391. The van der Waals surface area contributed by atoms with Gasteiger partial charge in [0.2, 0.25) is 5.82 Å². The molecule has 7 heteroatoms. The van der Waals surface area contributed by atoms with E-state index in [4.69, 9.17) is 0 Å². The second-order valence-corrected chi connectivity index (χ2v) is 7.77. The molecule has 0 unspecified atom stereocenters. The maximum atomic E-state index is 12.8.